The van der Waals surface area contributed by atoms with Gasteiger partial charge in [0.2, 0.25) is 0 Å². The molecule has 3 aromatic rings. The van der Waals surface area contributed by atoms with Gasteiger partial charge in [-0.2, -0.15) is 0 Å². The first-order valence-electron chi connectivity index (χ1n) is 9.35. The zero-order valence-corrected chi connectivity index (χ0v) is 15.8. The molecule has 0 unspecified atom stereocenters. The summed E-state index contributed by atoms with van der Waals surface area (Å²) in [5.74, 6) is 0.790. The van der Waals surface area contributed by atoms with Crippen LogP contribution < -0.4 is 5.73 Å². The first-order valence-corrected chi connectivity index (χ1v) is 9.35. The number of hydrogen-bond donors (Lipinski definition) is 2. The van der Waals surface area contributed by atoms with Crippen LogP contribution in [0.1, 0.15) is 23.4 Å². The van der Waals surface area contributed by atoms with Crippen molar-refractivity contribution in [2.75, 3.05) is 5.73 Å². The molecule has 1 aliphatic rings. The number of hydrogen-bond acceptors (Lipinski definition) is 3. The molecule has 1 aliphatic carbocycles. The van der Waals surface area contributed by atoms with Gasteiger partial charge in [0.15, 0.2) is 0 Å². The third-order valence-corrected chi connectivity index (χ3v) is 4.96. The topological polar surface area (TPSA) is 64.1 Å². The van der Waals surface area contributed by atoms with Crippen LogP contribution in [0.5, 0.6) is 0 Å². The molecule has 1 aromatic carbocycles. The molecule has 28 heavy (non-hydrogen) atoms. The van der Waals surface area contributed by atoms with Crippen LogP contribution in [0.3, 0.4) is 0 Å². The molecule has 2 aromatic heterocycles. The minimum Gasteiger partial charge on any atom is -0.508 e. The molecule has 0 fully saturated rings. The molecule has 0 aliphatic heterocycles. The van der Waals surface area contributed by atoms with Gasteiger partial charge in [0, 0.05) is 17.0 Å². The van der Waals surface area contributed by atoms with Crippen LogP contribution in [0, 0.1) is 6.92 Å². The number of anilines is 1. The Morgan fingerprint density at radius 2 is 1.82 bits per heavy atom. The summed E-state index contributed by atoms with van der Waals surface area (Å²) in [5.41, 5.74) is 12.6. The summed E-state index contributed by atoms with van der Waals surface area (Å²) in [7, 11) is 0. The minimum atomic E-state index is 0.268. The number of nitrogens with two attached hydrogens (primary N) is 1. The summed E-state index contributed by atoms with van der Waals surface area (Å²) >= 11 is 0. The van der Waals surface area contributed by atoms with E-state index in [9.17, 15) is 5.11 Å². The fourth-order valence-electron chi connectivity index (χ4n) is 3.57. The molecule has 3 N–H and O–H groups in total. The lowest BCUT2D eigenvalue weighted by Gasteiger charge is -2.16. The smallest absolute Gasteiger partial charge is 0.123 e. The SMILES string of the molecule is Cc1ccccc1-c1ccc(C2=CC=C(O)C=CC2)n1Cc1cccc(N)n1. The van der Waals surface area contributed by atoms with Gasteiger partial charge < -0.3 is 15.4 Å². The maximum Gasteiger partial charge on any atom is 0.123 e. The summed E-state index contributed by atoms with van der Waals surface area (Å²) in [6.45, 7) is 2.74. The van der Waals surface area contributed by atoms with Crippen molar-refractivity contribution in [3.05, 3.63) is 102 Å². The van der Waals surface area contributed by atoms with E-state index in [1.165, 1.54) is 11.1 Å². The Morgan fingerprint density at radius 3 is 2.64 bits per heavy atom. The summed E-state index contributed by atoms with van der Waals surface area (Å²) in [6, 6.07) is 18.4. The second-order valence-corrected chi connectivity index (χ2v) is 6.95. The van der Waals surface area contributed by atoms with Gasteiger partial charge in [0.05, 0.1) is 12.2 Å². The molecule has 140 valence electrons. The fourth-order valence-corrected chi connectivity index (χ4v) is 3.57. The van der Waals surface area contributed by atoms with Crippen molar-refractivity contribution in [1.29, 1.82) is 0 Å². The molecular formula is C24H23N3O. The molecule has 0 saturated heterocycles. The van der Waals surface area contributed by atoms with E-state index in [0.29, 0.717) is 12.4 Å². The van der Waals surface area contributed by atoms with E-state index in [2.05, 4.69) is 52.9 Å². The van der Waals surface area contributed by atoms with Gasteiger partial charge in [-0.3, -0.25) is 0 Å². The predicted molar refractivity (Wildman–Crippen MR) is 115 cm³/mol. The third kappa shape index (κ3) is 3.62. The average Bonchev–Trinajstić information content (AvgIpc) is 2.95. The quantitative estimate of drug-likeness (QED) is 0.658. The highest BCUT2D eigenvalue weighted by atomic mass is 16.3. The number of nitrogen functional groups attached to an aromatic ring is 1. The van der Waals surface area contributed by atoms with Crippen LogP contribution in [0.4, 0.5) is 5.82 Å². The highest BCUT2D eigenvalue weighted by Crippen LogP contribution is 2.31. The largest absolute Gasteiger partial charge is 0.508 e. The zero-order chi connectivity index (χ0) is 19.5. The van der Waals surface area contributed by atoms with E-state index < -0.39 is 0 Å². The van der Waals surface area contributed by atoms with E-state index in [-0.39, 0.29) is 5.76 Å². The molecular weight excluding hydrogens is 346 g/mol. The average molecular weight is 369 g/mol. The van der Waals surface area contributed by atoms with Gasteiger partial charge in [-0.1, -0.05) is 42.5 Å². The highest BCUT2D eigenvalue weighted by Gasteiger charge is 2.15. The number of nitrogens with zero attached hydrogens (tertiary/aromatic N) is 2. The Morgan fingerprint density at radius 1 is 1.00 bits per heavy atom. The molecule has 0 amide bonds. The number of aromatic nitrogens is 2. The van der Waals surface area contributed by atoms with Crippen LogP contribution >= 0.6 is 0 Å². The van der Waals surface area contributed by atoms with Gasteiger partial charge in [-0.15, -0.1) is 0 Å². The Labute approximate surface area is 165 Å². The third-order valence-electron chi connectivity index (χ3n) is 4.96. The van der Waals surface area contributed by atoms with Crippen LogP contribution in [-0.4, -0.2) is 14.7 Å². The van der Waals surface area contributed by atoms with Crippen molar-refractivity contribution in [3.8, 4) is 11.3 Å². The molecule has 4 heteroatoms. The number of rotatable bonds is 4. The lowest BCUT2D eigenvalue weighted by atomic mass is 10.1. The zero-order valence-electron chi connectivity index (χ0n) is 15.8. The molecule has 0 bridgehead atoms. The summed E-state index contributed by atoms with van der Waals surface area (Å²) in [5, 5.41) is 9.81. The lowest BCUT2D eigenvalue weighted by Crippen LogP contribution is -2.08. The van der Waals surface area contributed by atoms with Gasteiger partial charge in [0.25, 0.3) is 0 Å². The van der Waals surface area contributed by atoms with Gasteiger partial charge in [0.1, 0.15) is 11.6 Å². The normalized spacial score (nSPS) is 13.8. The van der Waals surface area contributed by atoms with E-state index in [1.807, 2.05) is 24.3 Å². The predicted octanol–water partition coefficient (Wildman–Crippen LogP) is 5.27. The number of allylic oxidation sites excluding steroid dienone is 5. The van der Waals surface area contributed by atoms with E-state index in [0.717, 1.165) is 29.1 Å². The van der Waals surface area contributed by atoms with Crippen LogP contribution in [0.15, 0.2) is 84.7 Å². The Kier molecular flexibility index (Phi) is 4.85. The Hall–Kier alpha value is -3.53. The lowest BCUT2D eigenvalue weighted by molar-refractivity contribution is 0.432. The molecule has 0 saturated carbocycles. The van der Waals surface area contributed by atoms with E-state index in [1.54, 1.807) is 18.2 Å². The summed E-state index contributed by atoms with van der Waals surface area (Å²) in [6.07, 6.45) is 8.19. The fraction of sp³-hybridized carbons (Fsp3) is 0.125. The maximum atomic E-state index is 9.81. The number of benzene rings is 1. The van der Waals surface area contributed by atoms with Gasteiger partial charge in [-0.05, 0) is 60.9 Å². The first-order chi connectivity index (χ1) is 13.6. The minimum absolute atomic E-state index is 0.268. The molecule has 0 atom stereocenters. The van der Waals surface area contributed by atoms with Crippen LogP contribution in [0.2, 0.25) is 0 Å². The summed E-state index contributed by atoms with van der Waals surface area (Å²) in [4.78, 5) is 4.49. The van der Waals surface area contributed by atoms with Crippen molar-refractivity contribution in [1.82, 2.24) is 9.55 Å². The molecule has 2 heterocycles. The van der Waals surface area contributed by atoms with Crippen molar-refractivity contribution >= 4 is 11.4 Å². The number of aliphatic hydroxyl groups is 1. The standard InChI is InChI=1S/C24H23N3O/c1-17-6-2-3-10-21(17)23-15-14-22(18-7-4-9-20(28)13-12-18)27(23)16-19-8-5-11-24(25)26-19/h2-6,8-15,28H,7,16H2,1H3,(H2,25,26). The van der Waals surface area contributed by atoms with Crippen LogP contribution in [0.25, 0.3) is 16.8 Å². The number of aliphatic hydroxyl groups excluding tert-OH is 1. The first kappa shape index (κ1) is 17.9. The number of pyridine rings is 1. The maximum absolute atomic E-state index is 9.81. The van der Waals surface area contributed by atoms with E-state index in [4.69, 9.17) is 5.73 Å². The van der Waals surface area contributed by atoms with Crippen molar-refractivity contribution < 1.29 is 5.11 Å². The van der Waals surface area contributed by atoms with E-state index >= 15 is 0 Å². The molecule has 4 rings (SSSR count). The van der Waals surface area contributed by atoms with Gasteiger partial charge >= 0.3 is 0 Å². The number of aryl methyl sites for hydroxylation is 1. The Bertz CT molecular complexity index is 1100. The Balaban J connectivity index is 1.85. The van der Waals surface area contributed by atoms with Crippen molar-refractivity contribution in [3.63, 3.8) is 0 Å². The monoisotopic (exact) mass is 369 g/mol. The highest BCUT2D eigenvalue weighted by molar-refractivity contribution is 5.73. The van der Waals surface area contributed by atoms with Gasteiger partial charge in [-0.25, -0.2) is 4.98 Å². The second kappa shape index (κ2) is 7.61. The van der Waals surface area contributed by atoms with Crippen LogP contribution in [-0.2, 0) is 6.54 Å². The van der Waals surface area contributed by atoms with Crippen molar-refractivity contribution in [2.45, 2.75) is 19.9 Å². The van der Waals surface area contributed by atoms with Crippen molar-refractivity contribution in [2.24, 2.45) is 0 Å². The molecule has 0 spiro atoms. The summed E-state index contributed by atoms with van der Waals surface area (Å²) < 4.78 is 2.28. The molecule has 0 radical (unpaired) electrons. The molecule has 4 nitrogen and oxygen atoms in total. The second-order valence-electron chi connectivity index (χ2n) is 6.95.